The molecule has 0 aliphatic carbocycles. The number of hydrogen-bond donors (Lipinski definition) is 1. The largest absolute Gasteiger partial charge is 0.484 e. The molecule has 184 valence electrons. The second-order valence-corrected chi connectivity index (χ2v) is 9.91. The van der Waals surface area contributed by atoms with Crippen molar-refractivity contribution in [2.75, 3.05) is 11.9 Å². The van der Waals surface area contributed by atoms with Crippen LogP contribution in [-0.4, -0.2) is 28.6 Å². The van der Waals surface area contributed by atoms with Gasteiger partial charge in [0, 0.05) is 10.7 Å². The van der Waals surface area contributed by atoms with Gasteiger partial charge in [-0.15, -0.1) is 0 Å². The van der Waals surface area contributed by atoms with Gasteiger partial charge in [0.1, 0.15) is 5.75 Å². The molecule has 1 aliphatic heterocycles. The number of para-hydroxylation sites is 1. The van der Waals surface area contributed by atoms with Crippen LogP contribution in [0.4, 0.5) is 10.5 Å². The number of carbonyl (C=O) groups excluding carboxylic acids is 3. The van der Waals surface area contributed by atoms with E-state index in [0.717, 1.165) is 28.6 Å². The molecule has 3 aromatic rings. The number of ether oxygens (including phenoxy) is 1. The zero-order valence-corrected chi connectivity index (χ0v) is 21.4. The number of rotatable bonds is 8. The highest BCUT2D eigenvalue weighted by molar-refractivity contribution is 8.18. The third-order valence-corrected chi connectivity index (χ3v) is 6.84. The van der Waals surface area contributed by atoms with Crippen molar-refractivity contribution in [2.24, 2.45) is 0 Å². The summed E-state index contributed by atoms with van der Waals surface area (Å²) in [5, 5.41) is 3.07. The number of nitrogens with zero attached hydrogens (tertiary/aromatic N) is 1. The van der Waals surface area contributed by atoms with Gasteiger partial charge in [-0.1, -0.05) is 74.0 Å². The van der Waals surface area contributed by atoms with E-state index in [0.29, 0.717) is 21.2 Å². The molecule has 0 saturated carbocycles. The van der Waals surface area contributed by atoms with Gasteiger partial charge in [-0.3, -0.25) is 19.3 Å². The second-order valence-electron chi connectivity index (χ2n) is 8.51. The van der Waals surface area contributed by atoms with E-state index in [1.807, 2.05) is 30.3 Å². The number of carbonyl (C=O) groups is 3. The summed E-state index contributed by atoms with van der Waals surface area (Å²) in [4.78, 5) is 39.1. The Morgan fingerprint density at radius 1 is 1.03 bits per heavy atom. The van der Waals surface area contributed by atoms with E-state index in [4.69, 9.17) is 16.3 Å². The van der Waals surface area contributed by atoms with Crippen LogP contribution in [0.1, 0.15) is 36.5 Å². The van der Waals surface area contributed by atoms with Gasteiger partial charge < -0.3 is 10.1 Å². The first kappa shape index (κ1) is 25.5. The maximum Gasteiger partial charge on any atom is 0.293 e. The predicted molar refractivity (Wildman–Crippen MR) is 144 cm³/mol. The lowest BCUT2D eigenvalue weighted by atomic mass is 10.0. The first-order valence-electron chi connectivity index (χ1n) is 11.4. The molecule has 1 heterocycles. The molecule has 1 fully saturated rings. The molecule has 0 unspecified atom stereocenters. The van der Waals surface area contributed by atoms with E-state index >= 15 is 0 Å². The lowest BCUT2D eigenvalue weighted by Crippen LogP contribution is -2.27. The SMILES string of the molecule is CC(C)c1ccccc1NC(=O)COc1ccc(/C=C2/SC(=O)N(Cc3ccccc3Cl)C2=O)cc1. The Bertz CT molecular complexity index is 1320. The molecule has 36 heavy (non-hydrogen) atoms. The molecule has 3 aromatic carbocycles. The fraction of sp³-hybridized carbons (Fsp3) is 0.179. The van der Waals surface area contributed by atoms with Gasteiger partial charge in [-0.25, -0.2) is 0 Å². The zero-order chi connectivity index (χ0) is 25.7. The molecule has 8 heteroatoms. The predicted octanol–water partition coefficient (Wildman–Crippen LogP) is 6.72. The Labute approximate surface area is 219 Å². The molecule has 0 aromatic heterocycles. The summed E-state index contributed by atoms with van der Waals surface area (Å²) in [5.74, 6) is 0.196. The fourth-order valence-electron chi connectivity index (χ4n) is 3.69. The highest BCUT2D eigenvalue weighted by atomic mass is 35.5. The molecule has 1 N–H and O–H groups in total. The first-order valence-corrected chi connectivity index (χ1v) is 12.6. The summed E-state index contributed by atoms with van der Waals surface area (Å²) in [6.45, 7) is 4.13. The minimum absolute atomic E-state index is 0.123. The van der Waals surface area contributed by atoms with E-state index in [2.05, 4.69) is 19.2 Å². The minimum Gasteiger partial charge on any atom is -0.484 e. The minimum atomic E-state index is -0.358. The van der Waals surface area contributed by atoms with Gasteiger partial charge in [0.25, 0.3) is 17.1 Å². The normalized spacial score (nSPS) is 14.6. The smallest absolute Gasteiger partial charge is 0.293 e. The van der Waals surface area contributed by atoms with Gasteiger partial charge in [0.05, 0.1) is 11.4 Å². The van der Waals surface area contributed by atoms with Crippen molar-refractivity contribution in [1.29, 1.82) is 0 Å². The van der Waals surface area contributed by atoms with Crippen molar-refractivity contribution < 1.29 is 19.1 Å². The molecular weight excluding hydrogens is 496 g/mol. The van der Waals surface area contributed by atoms with Crippen LogP contribution < -0.4 is 10.1 Å². The van der Waals surface area contributed by atoms with Crippen molar-refractivity contribution >= 4 is 52.2 Å². The number of nitrogens with one attached hydrogen (secondary N) is 1. The summed E-state index contributed by atoms with van der Waals surface area (Å²) in [6, 6.07) is 21.8. The maximum absolute atomic E-state index is 12.8. The molecule has 0 atom stereocenters. The van der Waals surface area contributed by atoms with E-state index in [1.54, 1.807) is 48.5 Å². The van der Waals surface area contributed by atoms with Crippen LogP contribution in [0.15, 0.2) is 77.7 Å². The average Bonchev–Trinajstić information content (AvgIpc) is 3.12. The number of hydrogen-bond acceptors (Lipinski definition) is 5. The second kappa shape index (κ2) is 11.5. The van der Waals surface area contributed by atoms with E-state index in [-0.39, 0.29) is 36.1 Å². The highest BCUT2D eigenvalue weighted by Crippen LogP contribution is 2.34. The van der Waals surface area contributed by atoms with E-state index < -0.39 is 0 Å². The van der Waals surface area contributed by atoms with Crippen molar-refractivity contribution in [3.63, 3.8) is 0 Å². The molecule has 1 aliphatic rings. The van der Waals surface area contributed by atoms with Crippen molar-refractivity contribution in [2.45, 2.75) is 26.3 Å². The number of thioether (sulfide) groups is 1. The van der Waals surface area contributed by atoms with E-state index in [9.17, 15) is 14.4 Å². The molecule has 6 nitrogen and oxygen atoms in total. The molecule has 0 bridgehead atoms. The quantitative estimate of drug-likeness (QED) is 0.334. The topological polar surface area (TPSA) is 75.7 Å². The van der Waals surface area contributed by atoms with Crippen LogP contribution in [0.3, 0.4) is 0 Å². The molecule has 0 radical (unpaired) electrons. The number of anilines is 1. The Morgan fingerprint density at radius 2 is 1.72 bits per heavy atom. The summed E-state index contributed by atoms with van der Waals surface area (Å²) < 4.78 is 5.62. The van der Waals surface area contributed by atoms with Crippen LogP contribution in [0, 0.1) is 0 Å². The summed E-state index contributed by atoms with van der Waals surface area (Å²) in [7, 11) is 0. The van der Waals surface area contributed by atoms with Gasteiger partial charge in [-0.2, -0.15) is 0 Å². The lowest BCUT2D eigenvalue weighted by Gasteiger charge is -2.14. The van der Waals surface area contributed by atoms with Crippen molar-refractivity contribution in [3.05, 3.63) is 99.4 Å². The molecule has 3 amide bonds. The third-order valence-electron chi connectivity index (χ3n) is 5.56. The van der Waals surface area contributed by atoms with E-state index in [1.165, 1.54) is 4.90 Å². The molecule has 4 rings (SSSR count). The highest BCUT2D eigenvalue weighted by Gasteiger charge is 2.35. The van der Waals surface area contributed by atoms with Gasteiger partial charge in [-0.05, 0) is 64.7 Å². The van der Waals surface area contributed by atoms with Crippen LogP contribution in [0.25, 0.3) is 6.08 Å². The van der Waals surface area contributed by atoms with Gasteiger partial charge >= 0.3 is 0 Å². The van der Waals surface area contributed by atoms with Crippen LogP contribution in [0.2, 0.25) is 5.02 Å². The summed E-state index contributed by atoms with van der Waals surface area (Å²) in [6.07, 6.45) is 1.66. The van der Waals surface area contributed by atoms with Crippen molar-refractivity contribution in [1.82, 2.24) is 4.90 Å². The van der Waals surface area contributed by atoms with Gasteiger partial charge in [0.2, 0.25) is 0 Å². The number of halogens is 1. The lowest BCUT2D eigenvalue weighted by molar-refractivity contribution is -0.123. The average molecular weight is 521 g/mol. The molecule has 1 saturated heterocycles. The monoisotopic (exact) mass is 520 g/mol. The molecular formula is C28H25ClN2O4S. The Hall–Kier alpha value is -3.55. The van der Waals surface area contributed by atoms with Crippen LogP contribution in [0.5, 0.6) is 5.75 Å². The first-order chi connectivity index (χ1) is 17.3. The van der Waals surface area contributed by atoms with Gasteiger partial charge in [0.15, 0.2) is 6.61 Å². The number of benzene rings is 3. The summed E-state index contributed by atoms with van der Waals surface area (Å²) in [5.41, 5.74) is 3.29. The summed E-state index contributed by atoms with van der Waals surface area (Å²) >= 11 is 7.07. The zero-order valence-electron chi connectivity index (χ0n) is 19.9. The number of imide groups is 1. The van der Waals surface area contributed by atoms with Crippen LogP contribution >= 0.6 is 23.4 Å². The van der Waals surface area contributed by atoms with Crippen molar-refractivity contribution in [3.8, 4) is 5.75 Å². The standard InChI is InChI=1S/C28H25ClN2O4S/c1-18(2)22-8-4-6-10-24(22)30-26(32)17-35-21-13-11-19(12-14-21)15-25-27(33)31(28(34)36-25)16-20-7-3-5-9-23(20)29/h3-15,18H,16-17H2,1-2H3,(H,30,32)/b25-15+. The maximum atomic E-state index is 12.8. The van der Waals surface area contributed by atoms with Crippen LogP contribution in [-0.2, 0) is 16.1 Å². The number of amides is 3. The Morgan fingerprint density at radius 3 is 2.44 bits per heavy atom. The Balaban J connectivity index is 1.35. The molecule has 0 spiro atoms. The third kappa shape index (κ3) is 6.17. The fourth-order valence-corrected chi connectivity index (χ4v) is 4.73. The Kier molecular flexibility index (Phi) is 8.13.